The van der Waals surface area contributed by atoms with Crippen LogP contribution in [0.15, 0.2) is 18.2 Å². The van der Waals surface area contributed by atoms with Gasteiger partial charge in [0.25, 0.3) is 0 Å². The molecular weight excluding hydrogens is 223 g/mol. The zero-order chi connectivity index (χ0) is 12.7. The van der Waals surface area contributed by atoms with Gasteiger partial charge in [-0.2, -0.15) is 0 Å². The highest BCUT2D eigenvalue weighted by Gasteiger charge is 2.03. The molecule has 0 atom stereocenters. The third kappa shape index (κ3) is 5.33. The van der Waals surface area contributed by atoms with Crippen molar-refractivity contribution in [3.63, 3.8) is 0 Å². The lowest BCUT2D eigenvalue weighted by Gasteiger charge is -2.07. The molecule has 0 saturated heterocycles. The number of hydrogen-bond acceptors (Lipinski definition) is 2. The van der Waals surface area contributed by atoms with Crippen molar-refractivity contribution >= 4 is 5.97 Å². The van der Waals surface area contributed by atoms with E-state index in [2.05, 4.69) is 0 Å². The molecule has 0 aromatic heterocycles. The van der Waals surface area contributed by atoms with Crippen molar-refractivity contribution in [1.29, 1.82) is 0 Å². The van der Waals surface area contributed by atoms with Gasteiger partial charge in [-0.15, -0.1) is 0 Å². The van der Waals surface area contributed by atoms with Crippen LogP contribution in [0.3, 0.4) is 0 Å². The van der Waals surface area contributed by atoms with Gasteiger partial charge in [0.2, 0.25) is 0 Å². The summed E-state index contributed by atoms with van der Waals surface area (Å²) in [6.07, 6.45) is 2.33. The Morgan fingerprint density at radius 1 is 1.35 bits per heavy atom. The highest BCUT2D eigenvalue weighted by molar-refractivity contribution is 5.66. The normalized spacial score (nSPS) is 10.2. The second-order valence-electron chi connectivity index (χ2n) is 3.99. The van der Waals surface area contributed by atoms with Gasteiger partial charge in [0.15, 0.2) is 11.6 Å². The van der Waals surface area contributed by atoms with Gasteiger partial charge in [0, 0.05) is 6.42 Å². The molecular formula is C13H17FO3. The molecule has 1 aromatic carbocycles. The fourth-order valence-electron chi connectivity index (χ4n) is 1.46. The van der Waals surface area contributed by atoms with Crippen LogP contribution in [0.2, 0.25) is 0 Å². The minimum Gasteiger partial charge on any atom is -0.491 e. The van der Waals surface area contributed by atoms with E-state index in [1.54, 1.807) is 12.1 Å². The van der Waals surface area contributed by atoms with Gasteiger partial charge in [-0.25, -0.2) is 4.39 Å². The number of ether oxygens (including phenoxy) is 1. The number of benzene rings is 1. The van der Waals surface area contributed by atoms with E-state index >= 15 is 0 Å². The Balaban J connectivity index is 2.22. The molecule has 0 radical (unpaired) electrons. The molecule has 0 aliphatic carbocycles. The van der Waals surface area contributed by atoms with Crippen molar-refractivity contribution in [2.45, 2.75) is 32.6 Å². The monoisotopic (exact) mass is 240 g/mol. The van der Waals surface area contributed by atoms with E-state index in [-0.39, 0.29) is 18.0 Å². The largest absolute Gasteiger partial charge is 0.491 e. The number of aryl methyl sites for hydroxylation is 1. The quantitative estimate of drug-likeness (QED) is 0.745. The molecule has 0 aliphatic heterocycles. The summed E-state index contributed by atoms with van der Waals surface area (Å²) in [4.78, 5) is 10.3. The van der Waals surface area contributed by atoms with Crippen LogP contribution in [0, 0.1) is 12.7 Å². The number of rotatable bonds is 7. The molecule has 0 spiro atoms. The van der Waals surface area contributed by atoms with Gasteiger partial charge < -0.3 is 9.84 Å². The molecule has 0 unspecified atom stereocenters. The first-order valence-electron chi connectivity index (χ1n) is 5.70. The summed E-state index contributed by atoms with van der Waals surface area (Å²) < 4.78 is 18.6. The Kier molecular flexibility index (Phi) is 5.46. The maximum atomic E-state index is 13.2. The first-order valence-corrected chi connectivity index (χ1v) is 5.70. The Bertz CT molecular complexity index is 377. The Morgan fingerprint density at radius 2 is 2.12 bits per heavy atom. The van der Waals surface area contributed by atoms with Gasteiger partial charge >= 0.3 is 5.97 Å². The molecule has 1 aromatic rings. The van der Waals surface area contributed by atoms with E-state index in [1.807, 2.05) is 6.92 Å². The van der Waals surface area contributed by atoms with Gasteiger partial charge in [-0.3, -0.25) is 4.79 Å². The van der Waals surface area contributed by atoms with Gasteiger partial charge in [-0.05, 0) is 43.9 Å². The maximum Gasteiger partial charge on any atom is 0.303 e. The van der Waals surface area contributed by atoms with Crippen molar-refractivity contribution in [2.75, 3.05) is 6.61 Å². The van der Waals surface area contributed by atoms with E-state index in [0.717, 1.165) is 18.4 Å². The lowest BCUT2D eigenvalue weighted by Crippen LogP contribution is -2.00. The van der Waals surface area contributed by atoms with Crippen molar-refractivity contribution in [3.05, 3.63) is 29.6 Å². The smallest absolute Gasteiger partial charge is 0.303 e. The molecule has 0 amide bonds. The highest BCUT2D eigenvalue weighted by Crippen LogP contribution is 2.18. The van der Waals surface area contributed by atoms with Crippen LogP contribution in [0.5, 0.6) is 5.75 Å². The fraction of sp³-hybridized carbons (Fsp3) is 0.462. The van der Waals surface area contributed by atoms with E-state index < -0.39 is 5.97 Å². The summed E-state index contributed by atoms with van der Waals surface area (Å²) in [6.45, 7) is 2.29. The van der Waals surface area contributed by atoms with Crippen LogP contribution in [0.25, 0.3) is 0 Å². The summed E-state index contributed by atoms with van der Waals surface area (Å²) >= 11 is 0. The van der Waals surface area contributed by atoms with Gasteiger partial charge in [0.05, 0.1) is 6.61 Å². The van der Waals surface area contributed by atoms with Crippen LogP contribution >= 0.6 is 0 Å². The zero-order valence-corrected chi connectivity index (χ0v) is 9.91. The summed E-state index contributed by atoms with van der Waals surface area (Å²) in [5.41, 5.74) is 0.951. The number of aliphatic carboxylic acids is 1. The molecule has 3 nitrogen and oxygen atoms in total. The lowest BCUT2D eigenvalue weighted by molar-refractivity contribution is -0.137. The second kappa shape index (κ2) is 6.89. The number of halogens is 1. The predicted molar refractivity (Wildman–Crippen MR) is 62.7 cm³/mol. The standard InChI is InChI=1S/C13H17FO3/c1-10-6-7-11(14)12(9-10)17-8-4-2-3-5-13(15)16/h6-7,9H,2-5,8H2,1H3,(H,15,16). The average Bonchev–Trinajstić information content (AvgIpc) is 2.27. The maximum absolute atomic E-state index is 13.2. The molecule has 0 saturated carbocycles. The molecule has 0 heterocycles. The van der Waals surface area contributed by atoms with E-state index in [9.17, 15) is 9.18 Å². The van der Waals surface area contributed by atoms with Crippen molar-refractivity contribution in [1.82, 2.24) is 0 Å². The van der Waals surface area contributed by atoms with Crippen LogP contribution in [0.4, 0.5) is 4.39 Å². The van der Waals surface area contributed by atoms with Crippen LogP contribution in [-0.2, 0) is 4.79 Å². The van der Waals surface area contributed by atoms with Crippen LogP contribution < -0.4 is 4.74 Å². The Morgan fingerprint density at radius 3 is 2.82 bits per heavy atom. The van der Waals surface area contributed by atoms with Crippen LogP contribution in [0.1, 0.15) is 31.2 Å². The Hall–Kier alpha value is -1.58. The molecule has 17 heavy (non-hydrogen) atoms. The summed E-state index contributed by atoms with van der Waals surface area (Å²) in [5, 5.41) is 8.43. The third-order valence-electron chi connectivity index (χ3n) is 2.38. The molecule has 94 valence electrons. The number of carbonyl (C=O) groups is 1. The molecule has 4 heteroatoms. The lowest BCUT2D eigenvalue weighted by atomic mass is 10.2. The summed E-state index contributed by atoms with van der Waals surface area (Å²) in [6, 6.07) is 4.73. The van der Waals surface area contributed by atoms with Crippen molar-refractivity contribution in [3.8, 4) is 5.75 Å². The van der Waals surface area contributed by atoms with E-state index in [1.165, 1.54) is 6.07 Å². The number of hydrogen-bond donors (Lipinski definition) is 1. The summed E-state index contributed by atoms with van der Waals surface area (Å²) in [5.74, 6) is -0.875. The number of unbranched alkanes of at least 4 members (excludes halogenated alkanes) is 2. The second-order valence-corrected chi connectivity index (χ2v) is 3.99. The van der Waals surface area contributed by atoms with Crippen molar-refractivity contribution in [2.24, 2.45) is 0 Å². The number of carboxylic acid groups (broad SMARTS) is 1. The van der Waals surface area contributed by atoms with Gasteiger partial charge in [-0.1, -0.05) is 6.07 Å². The molecule has 1 rings (SSSR count). The SMILES string of the molecule is Cc1ccc(F)c(OCCCCCC(=O)O)c1. The molecule has 1 N–H and O–H groups in total. The third-order valence-corrected chi connectivity index (χ3v) is 2.38. The molecule has 0 aliphatic rings. The van der Waals surface area contributed by atoms with E-state index in [4.69, 9.17) is 9.84 Å². The minimum atomic E-state index is -0.782. The number of carboxylic acids is 1. The van der Waals surface area contributed by atoms with Crippen molar-refractivity contribution < 1.29 is 19.0 Å². The fourth-order valence-corrected chi connectivity index (χ4v) is 1.46. The van der Waals surface area contributed by atoms with E-state index in [0.29, 0.717) is 13.0 Å². The predicted octanol–water partition coefficient (Wildman–Crippen LogP) is 3.16. The average molecular weight is 240 g/mol. The first-order chi connectivity index (χ1) is 8.09. The first kappa shape index (κ1) is 13.5. The minimum absolute atomic E-state index is 0.179. The summed E-state index contributed by atoms with van der Waals surface area (Å²) in [7, 11) is 0. The Labute approximate surface area is 100 Å². The highest BCUT2D eigenvalue weighted by atomic mass is 19.1. The topological polar surface area (TPSA) is 46.5 Å². The van der Waals surface area contributed by atoms with Gasteiger partial charge in [0.1, 0.15) is 0 Å². The molecule has 0 bridgehead atoms. The zero-order valence-electron chi connectivity index (χ0n) is 9.91. The van der Waals surface area contributed by atoms with Crippen LogP contribution in [-0.4, -0.2) is 17.7 Å². The molecule has 0 fully saturated rings.